The van der Waals surface area contributed by atoms with Gasteiger partial charge in [-0.05, 0) is 18.2 Å². The molecule has 0 aromatic heterocycles. The fraction of sp³-hybridized carbons (Fsp3) is 0.0714. The molecule has 0 unspecified atom stereocenters. The summed E-state index contributed by atoms with van der Waals surface area (Å²) in [7, 11) is 0. The Morgan fingerprint density at radius 3 is 2.73 bits per heavy atom. The summed E-state index contributed by atoms with van der Waals surface area (Å²) < 4.78 is 5.23. The SMILES string of the molecule is O=C(COc1ccccc1Cl)Nc1cc([N+](=O)[O-])ccc1O. The minimum absolute atomic E-state index is 0.0676. The van der Waals surface area contributed by atoms with Crippen molar-refractivity contribution >= 4 is 28.9 Å². The molecule has 114 valence electrons. The van der Waals surface area contributed by atoms with Crippen molar-refractivity contribution in [2.24, 2.45) is 0 Å². The summed E-state index contributed by atoms with van der Waals surface area (Å²) in [6.45, 7) is -0.355. The molecule has 22 heavy (non-hydrogen) atoms. The van der Waals surface area contributed by atoms with Gasteiger partial charge in [0, 0.05) is 12.1 Å². The predicted molar refractivity (Wildman–Crippen MR) is 80.3 cm³/mol. The van der Waals surface area contributed by atoms with Gasteiger partial charge in [0.05, 0.1) is 15.6 Å². The molecule has 0 bridgehead atoms. The predicted octanol–water partition coefficient (Wildman–Crippen LogP) is 2.97. The van der Waals surface area contributed by atoms with Gasteiger partial charge in [0.25, 0.3) is 11.6 Å². The quantitative estimate of drug-likeness (QED) is 0.500. The highest BCUT2D eigenvalue weighted by atomic mass is 35.5. The fourth-order valence-electron chi connectivity index (χ4n) is 1.63. The number of ether oxygens (including phenoxy) is 1. The molecule has 1 amide bonds. The number of non-ortho nitro benzene ring substituents is 1. The number of nitro groups is 1. The Kier molecular flexibility index (Phi) is 4.80. The molecule has 8 heteroatoms. The first kappa shape index (κ1) is 15.6. The Hall–Kier alpha value is -2.80. The number of carbonyl (C=O) groups excluding carboxylic acids is 1. The van der Waals surface area contributed by atoms with Crippen LogP contribution in [0.15, 0.2) is 42.5 Å². The maximum absolute atomic E-state index is 11.8. The molecule has 2 rings (SSSR count). The van der Waals surface area contributed by atoms with Crippen LogP contribution in [0.4, 0.5) is 11.4 Å². The number of nitro benzene ring substituents is 1. The largest absolute Gasteiger partial charge is 0.506 e. The molecule has 0 aliphatic rings. The summed E-state index contributed by atoms with van der Waals surface area (Å²) in [5.41, 5.74) is -0.318. The molecule has 2 aromatic rings. The van der Waals surface area contributed by atoms with Gasteiger partial charge < -0.3 is 15.2 Å². The summed E-state index contributed by atoms with van der Waals surface area (Å²) in [5, 5.41) is 23.0. The van der Waals surface area contributed by atoms with Crippen molar-refractivity contribution in [1.82, 2.24) is 0 Å². The zero-order valence-corrected chi connectivity index (χ0v) is 11.9. The van der Waals surface area contributed by atoms with Crippen LogP contribution < -0.4 is 10.1 Å². The third-order valence-electron chi connectivity index (χ3n) is 2.66. The van der Waals surface area contributed by atoms with Crippen LogP contribution in [0.2, 0.25) is 5.02 Å². The van der Waals surface area contributed by atoms with Crippen molar-refractivity contribution in [3.63, 3.8) is 0 Å². The van der Waals surface area contributed by atoms with Gasteiger partial charge >= 0.3 is 0 Å². The normalized spacial score (nSPS) is 10.0. The van der Waals surface area contributed by atoms with Gasteiger partial charge in [-0.1, -0.05) is 23.7 Å². The first-order chi connectivity index (χ1) is 10.5. The van der Waals surface area contributed by atoms with Crippen molar-refractivity contribution in [1.29, 1.82) is 0 Å². The fourth-order valence-corrected chi connectivity index (χ4v) is 1.82. The molecule has 0 heterocycles. The lowest BCUT2D eigenvalue weighted by molar-refractivity contribution is -0.384. The van der Waals surface area contributed by atoms with E-state index in [9.17, 15) is 20.0 Å². The maximum atomic E-state index is 11.8. The van der Waals surface area contributed by atoms with Crippen molar-refractivity contribution in [2.45, 2.75) is 0 Å². The first-order valence-electron chi connectivity index (χ1n) is 6.12. The van der Waals surface area contributed by atoms with E-state index in [1.165, 1.54) is 0 Å². The summed E-state index contributed by atoms with van der Waals surface area (Å²) in [4.78, 5) is 21.8. The number of hydrogen-bond acceptors (Lipinski definition) is 5. The molecule has 2 N–H and O–H groups in total. The average molecular weight is 323 g/mol. The highest BCUT2D eigenvalue weighted by Crippen LogP contribution is 2.28. The van der Waals surface area contributed by atoms with Gasteiger partial charge in [-0.3, -0.25) is 14.9 Å². The second-order valence-corrected chi connectivity index (χ2v) is 4.63. The van der Waals surface area contributed by atoms with Crippen LogP contribution in [-0.4, -0.2) is 22.5 Å². The van der Waals surface area contributed by atoms with E-state index in [1.54, 1.807) is 24.3 Å². The van der Waals surface area contributed by atoms with Crippen LogP contribution in [0, 0.1) is 10.1 Å². The van der Waals surface area contributed by atoms with Gasteiger partial charge in [0.2, 0.25) is 0 Å². The van der Waals surface area contributed by atoms with Crippen LogP contribution in [-0.2, 0) is 4.79 Å². The lowest BCUT2D eigenvalue weighted by Gasteiger charge is -2.09. The Morgan fingerprint density at radius 2 is 2.05 bits per heavy atom. The van der Waals surface area contributed by atoms with E-state index in [-0.39, 0.29) is 23.7 Å². The Bertz CT molecular complexity index is 720. The Labute approximate surface area is 130 Å². The summed E-state index contributed by atoms with van der Waals surface area (Å²) in [6.07, 6.45) is 0. The van der Waals surface area contributed by atoms with E-state index in [4.69, 9.17) is 16.3 Å². The lowest BCUT2D eigenvalue weighted by atomic mass is 10.2. The number of rotatable bonds is 5. The Morgan fingerprint density at radius 1 is 1.32 bits per heavy atom. The molecule has 0 aliphatic heterocycles. The average Bonchev–Trinajstić information content (AvgIpc) is 2.48. The summed E-state index contributed by atoms with van der Waals surface area (Å²) >= 11 is 5.88. The molecular formula is C14H11ClN2O5. The summed E-state index contributed by atoms with van der Waals surface area (Å²) in [5.74, 6) is -0.532. The van der Waals surface area contributed by atoms with Gasteiger partial charge in [-0.25, -0.2) is 0 Å². The minimum Gasteiger partial charge on any atom is -0.506 e. The number of hydrogen-bond donors (Lipinski definition) is 2. The third-order valence-corrected chi connectivity index (χ3v) is 2.97. The lowest BCUT2D eigenvalue weighted by Crippen LogP contribution is -2.20. The number of carbonyl (C=O) groups is 1. The third kappa shape index (κ3) is 3.86. The number of phenolic OH excluding ortho intramolecular Hbond substituents is 1. The molecule has 0 saturated heterocycles. The summed E-state index contributed by atoms with van der Waals surface area (Å²) in [6, 6.07) is 9.94. The van der Waals surface area contributed by atoms with Crippen molar-refractivity contribution in [3.8, 4) is 11.5 Å². The number of para-hydroxylation sites is 1. The number of halogens is 1. The number of phenols is 1. The number of amides is 1. The van der Waals surface area contributed by atoms with Crippen molar-refractivity contribution in [2.75, 3.05) is 11.9 Å². The van der Waals surface area contributed by atoms with Gasteiger partial charge in [-0.15, -0.1) is 0 Å². The number of benzene rings is 2. The number of nitrogens with zero attached hydrogens (tertiary/aromatic N) is 1. The molecule has 0 atom stereocenters. The number of aromatic hydroxyl groups is 1. The van der Waals surface area contributed by atoms with Crippen molar-refractivity contribution in [3.05, 3.63) is 57.6 Å². The zero-order chi connectivity index (χ0) is 16.1. The van der Waals surface area contributed by atoms with E-state index in [2.05, 4.69) is 5.32 Å². The molecule has 0 aliphatic carbocycles. The van der Waals surface area contributed by atoms with E-state index < -0.39 is 10.8 Å². The Balaban J connectivity index is 2.02. The van der Waals surface area contributed by atoms with Crippen LogP contribution in [0.5, 0.6) is 11.5 Å². The van der Waals surface area contributed by atoms with Gasteiger partial charge in [0.15, 0.2) is 6.61 Å². The van der Waals surface area contributed by atoms with E-state index >= 15 is 0 Å². The highest BCUT2D eigenvalue weighted by molar-refractivity contribution is 6.32. The second-order valence-electron chi connectivity index (χ2n) is 4.23. The molecule has 0 fully saturated rings. The van der Waals surface area contributed by atoms with Crippen LogP contribution in [0.25, 0.3) is 0 Å². The molecule has 0 spiro atoms. The smallest absolute Gasteiger partial charge is 0.271 e. The van der Waals surface area contributed by atoms with Crippen LogP contribution in [0.3, 0.4) is 0 Å². The zero-order valence-electron chi connectivity index (χ0n) is 11.2. The first-order valence-corrected chi connectivity index (χ1v) is 6.50. The molecule has 0 radical (unpaired) electrons. The van der Waals surface area contributed by atoms with Crippen LogP contribution >= 0.6 is 11.6 Å². The molecule has 0 saturated carbocycles. The minimum atomic E-state index is -0.630. The molecular weight excluding hydrogens is 312 g/mol. The van der Waals surface area contributed by atoms with Crippen molar-refractivity contribution < 1.29 is 19.6 Å². The second kappa shape index (κ2) is 6.77. The highest BCUT2D eigenvalue weighted by Gasteiger charge is 2.13. The standard InChI is InChI=1S/C14H11ClN2O5/c15-10-3-1-2-4-13(10)22-8-14(19)16-11-7-9(17(20)21)5-6-12(11)18/h1-7,18H,8H2,(H,16,19). The van der Waals surface area contributed by atoms with Gasteiger partial charge in [-0.2, -0.15) is 0 Å². The molecule has 2 aromatic carbocycles. The maximum Gasteiger partial charge on any atom is 0.271 e. The number of nitrogens with one attached hydrogen (secondary N) is 1. The topological polar surface area (TPSA) is 102 Å². The molecule has 7 nitrogen and oxygen atoms in total. The van der Waals surface area contributed by atoms with E-state index in [0.717, 1.165) is 18.2 Å². The van der Waals surface area contributed by atoms with E-state index in [0.29, 0.717) is 10.8 Å². The monoisotopic (exact) mass is 322 g/mol. The number of anilines is 1. The van der Waals surface area contributed by atoms with Gasteiger partial charge in [0.1, 0.15) is 11.5 Å². The van der Waals surface area contributed by atoms with Crippen LogP contribution in [0.1, 0.15) is 0 Å². The van der Waals surface area contributed by atoms with E-state index in [1.807, 2.05) is 0 Å².